The molecule has 0 aliphatic carbocycles. The zero-order valence-electron chi connectivity index (χ0n) is 2.00. The quantitative estimate of drug-likeness (QED) is 0.306. The second kappa shape index (κ2) is 342. The first-order valence-electron chi connectivity index (χ1n) is 0. The van der Waals surface area contributed by atoms with Gasteiger partial charge in [0.1, 0.15) is 0 Å². The zero-order chi connectivity index (χ0) is 0. The first kappa shape index (κ1) is 705. The van der Waals surface area contributed by atoms with Crippen molar-refractivity contribution in [3.8, 4) is 0 Å². The summed E-state index contributed by atoms with van der Waals surface area (Å²) in [5, 5.41) is 0. The van der Waals surface area contributed by atoms with Gasteiger partial charge in [-0.3, -0.25) is 0 Å². The van der Waals surface area contributed by atoms with Crippen molar-refractivity contribution in [3.63, 3.8) is 0 Å². The first-order valence-corrected chi connectivity index (χ1v) is 0. The fraction of sp³-hybridized carbons (Fsp3) is 0. The number of hydrogen-bond donors (Lipinski definition) is 0. The van der Waals surface area contributed by atoms with Crippen LogP contribution in [0.2, 0.25) is 0 Å². The second-order valence-corrected chi connectivity index (χ2v) is 0. The van der Waals surface area contributed by atoms with Gasteiger partial charge in [0, 0.05) is 0 Å². The Morgan fingerprint density at radius 2 is 0.400 bits per heavy atom. The molecule has 0 aromatic heterocycles. The van der Waals surface area contributed by atoms with Crippen LogP contribution in [0.25, 0.3) is 0 Å². The second-order valence-electron chi connectivity index (χ2n) is 0. The van der Waals surface area contributed by atoms with E-state index in [2.05, 4.69) is 0 Å². The van der Waals surface area contributed by atoms with Crippen LogP contribution in [0.1, 0.15) is 0 Å². The third-order valence-corrected chi connectivity index (χ3v) is 0. The summed E-state index contributed by atoms with van der Waals surface area (Å²) in [6.07, 6.45) is 0. The minimum atomic E-state index is 0. The van der Waals surface area contributed by atoms with E-state index >= 15 is 0 Å². The topological polar surface area (TPSA) is 126 Å². The van der Waals surface area contributed by atoms with Gasteiger partial charge >= 0.3 is 17.6 Å². The van der Waals surface area contributed by atoms with Gasteiger partial charge in [-0.05, 0) is 0 Å². The fourth-order valence-corrected chi connectivity index (χ4v) is 0. The summed E-state index contributed by atoms with van der Waals surface area (Å²) in [7, 11) is 0. The van der Waals surface area contributed by atoms with Gasteiger partial charge in [0.05, 0.1) is 0 Å². The van der Waals surface area contributed by atoms with E-state index in [9.17, 15) is 0 Å². The van der Waals surface area contributed by atoms with Crippen molar-refractivity contribution in [2.24, 2.45) is 0 Å². The van der Waals surface area contributed by atoms with Crippen LogP contribution in [-0.2, 0) is 0 Å². The predicted molar refractivity (Wildman–Crippen MR) is 25.8 cm³/mol. The molecule has 0 atom stereocenters. The Labute approximate surface area is 40.4 Å². The summed E-state index contributed by atoms with van der Waals surface area (Å²) in [4.78, 5) is 0. The van der Waals surface area contributed by atoms with Crippen LogP contribution in [0.5, 0.6) is 0 Å². The molecule has 0 bridgehead atoms. The van der Waals surface area contributed by atoms with Crippen molar-refractivity contribution < 1.29 is 21.9 Å². The average Bonchev–Trinajstić information content (AvgIpc) is 0. The molecule has 0 radical (unpaired) electrons. The fourth-order valence-electron chi connectivity index (χ4n) is 0. The van der Waals surface area contributed by atoms with Crippen LogP contribution in [0, 0.1) is 0 Å². The molecular weight excluding hydrogens is 137 g/mol. The summed E-state index contributed by atoms with van der Waals surface area (Å²) in [6.45, 7) is 0. The molecule has 0 heterocycles. The minimum absolute atomic E-state index is 0. The molecule has 0 aromatic carbocycles. The SMILES string of the molecule is O.O.O.O.[GeH4]. The van der Waals surface area contributed by atoms with Crippen LogP contribution >= 0.6 is 0 Å². The first-order chi connectivity index (χ1) is 0. The molecule has 5 heavy (non-hydrogen) atoms. The standard InChI is InChI=1S/GeH4.4H2O/h1H4;4*1H2. The molecule has 0 aromatic rings. The molecule has 0 aliphatic heterocycles. The molecule has 0 unspecified atom stereocenters. The predicted octanol–water partition coefficient (Wildman–Crippen LogP) is -4.75. The van der Waals surface area contributed by atoms with Crippen molar-refractivity contribution in [2.75, 3.05) is 0 Å². The van der Waals surface area contributed by atoms with E-state index in [-0.39, 0.29) is 39.5 Å². The van der Waals surface area contributed by atoms with Crippen LogP contribution in [0.3, 0.4) is 0 Å². The third-order valence-electron chi connectivity index (χ3n) is 0. The van der Waals surface area contributed by atoms with Crippen molar-refractivity contribution in [1.29, 1.82) is 0 Å². The Bertz CT molecular complexity index is 3.61. The van der Waals surface area contributed by atoms with Crippen molar-refractivity contribution in [1.82, 2.24) is 0 Å². The maximum atomic E-state index is 0. The molecule has 0 saturated heterocycles. The monoisotopic (exact) mass is 150 g/mol. The van der Waals surface area contributed by atoms with Crippen molar-refractivity contribution in [3.05, 3.63) is 0 Å². The Morgan fingerprint density at radius 1 is 0.400 bits per heavy atom. The molecule has 0 aliphatic rings. The summed E-state index contributed by atoms with van der Waals surface area (Å²) in [5.74, 6) is 0. The van der Waals surface area contributed by atoms with Gasteiger partial charge in [-0.1, -0.05) is 0 Å². The van der Waals surface area contributed by atoms with E-state index in [0.29, 0.717) is 0 Å². The van der Waals surface area contributed by atoms with E-state index in [0.717, 1.165) is 0 Å². The third kappa shape index (κ3) is 170. The van der Waals surface area contributed by atoms with Gasteiger partial charge in [-0.2, -0.15) is 0 Å². The van der Waals surface area contributed by atoms with Crippen LogP contribution in [-0.4, -0.2) is 39.5 Å². The van der Waals surface area contributed by atoms with Gasteiger partial charge in [0.25, 0.3) is 0 Å². The van der Waals surface area contributed by atoms with Crippen LogP contribution in [0.15, 0.2) is 0 Å². The van der Waals surface area contributed by atoms with Gasteiger partial charge in [-0.15, -0.1) is 0 Å². The van der Waals surface area contributed by atoms with Crippen molar-refractivity contribution >= 4 is 17.6 Å². The van der Waals surface area contributed by atoms with E-state index in [1.54, 1.807) is 0 Å². The maximum absolute atomic E-state index is 0. The van der Waals surface area contributed by atoms with Crippen molar-refractivity contribution in [2.45, 2.75) is 0 Å². The zero-order valence-corrected chi connectivity index (χ0v) is 2.00. The summed E-state index contributed by atoms with van der Waals surface area (Å²) >= 11 is 0. The van der Waals surface area contributed by atoms with Crippen LogP contribution in [0.4, 0.5) is 0 Å². The average molecular weight is 149 g/mol. The van der Waals surface area contributed by atoms with E-state index in [1.165, 1.54) is 0 Å². The molecule has 0 amide bonds. The summed E-state index contributed by atoms with van der Waals surface area (Å²) in [5.41, 5.74) is 0. The normalized spacial score (nSPS) is 0. The number of rotatable bonds is 0. The van der Waals surface area contributed by atoms with Gasteiger partial charge in [-0.25, -0.2) is 0 Å². The molecule has 4 nitrogen and oxygen atoms in total. The van der Waals surface area contributed by atoms with E-state index < -0.39 is 0 Å². The molecule has 0 saturated carbocycles. The molecule has 0 rings (SSSR count). The van der Waals surface area contributed by atoms with E-state index in [1.807, 2.05) is 0 Å². The van der Waals surface area contributed by atoms with Gasteiger partial charge < -0.3 is 21.9 Å². The summed E-state index contributed by atoms with van der Waals surface area (Å²) in [6, 6.07) is 0. The number of hydrogen-bond acceptors (Lipinski definition) is 0. The molecule has 40 valence electrons. The molecule has 0 fully saturated rings. The van der Waals surface area contributed by atoms with Crippen LogP contribution < -0.4 is 0 Å². The molecule has 0 spiro atoms. The summed E-state index contributed by atoms with van der Waals surface area (Å²) < 4.78 is 0. The Morgan fingerprint density at radius 3 is 0.400 bits per heavy atom. The van der Waals surface area contributed by atoms with Gasteiger partial charge in [0.15, 0.2) is 0 Å². The molecule has 5 heteroatoms. The van der Waals surface area contributed by atoms with E-state index in [4.69, 9.17) is 0 Å². The Kier molecular flexibility index (Phi) is 48300. The Balaban J connectivity index is 0. The molecular formula is H12GeO4. The molecule has 8 N–H and O–H groups in total. The van der Waals surface area contributed by atoms with Gasteiger partial charge in [0.2, 0.25) is 0 Å². The Hall–Kier alpha value is 0.383.